The number of halogens is 1. The number of aromatic nitrogens is 1. The van der Waals surface area contributed by atoms with E-state index in [0.29, 0.717) is 12.0 Å². The van der Waals surface area contributed by atoms with Gasteiger partial charge in [-0.3, -0.25) is 0 Å². The van der Waals surface area contributed by atoms with Gasteiger partial charge in [0.05, 0.1) is 0 Å². The normalized spacial score (nSPS) is 18.4. The predicted octanol–water partition coefficient (Wildman–Crippen LogP) is 5.78. The Kier molecular flexibility index (Phi) is 5.37. The molecule has 2 atom stereocenters. The Hall–Kier alpha value is -2.91. The van der Waals surface area contributed by atoms with Gasteiger partial charge in [0, 0.05) is 29.1 Å². The van der Waals surface area contributed by atoms with E-state index in [0.717, 1.165) is 32.2 Å². The van der Waals surface area contributed by atoms with E-state index in [1.807, 2.05) is 12.1 Å². The Labute approximate surface area is 177 Å². The van der Waals surface area contributed by atoms with E-state index in [9.17, 15) is 4.39 Å². The Morgan fingerprint density at radius 1 is 0.933 bits per heavy atom. The summed E-state index contributed by atoms with van der Waals surface area (Å²) < 4.78 is 13.4. The molecule has 5 rings (SSSR count). The highest BCUT2D eigenvalue weighted by Crippen LogP contribution is 2.34. The van der Waals surface area contributed by atoms with E-state index < -0.39 is 0 Å². The third-order valence-electron chi connectivity index (χ3n) is 6.51. The van der Waals surface area contributed by atoms with Crippen molar-refractivity contribution in [3.63, 3.8) is 0 Å². The monoisotopic (exact) mass is 398 g/mol. The average molecular weight is 399 g/mol. The molecule has 1 heterocycles. The molecule has 1 aromatic heterocycles. The van der Waals surface area contributed by atoms with Gasteiger partial charge < -0.3 is 10.3 Å². The second-order valence-electron chi connectivity index (χ2n) is 8.34. The van der Waals surface area contributed by atoms with Gasteiger partial charge in [-0.2, -0.15) is 0 Å². The smallest absolute Gasteiger partial charge is 0.123 e. The first-order valence-electron chi connectivity index (χ1n) is 10.9. The number of benzene rings is 3. The highest BCUT2D eigenvalue weighted by molar-refractivity contribution is 5.83. The predicted molar refractivity (Wildman–Crippen MR) is 121 cm³/mol. The van der Waals surface area contributed by atoms with Crippen LogP contribution in [0, 0.1) is 5.82 Å². The van der Waals surface area contributed by atoms with E-state index in [1.165, 1.54) is 33.2 Å². The third kappa shape index (κ3) is 3.90. The number of fused-ring (bicyclic) bond motifs is 2. The molecule has 152 valence electrons. The first-order chi connectivity index (χ1) is 14.8. The van der Waals surface area contributed by atoms with E-state index >= 15 is 0 Å². The Morgan fingerprint density at radius 3 is 2.63 bits per heavy atom. The SMILES string of the molecule is Fc1ccc(C[C@H]2c3ccccc3CC[C@@H]2NCCc2c[nH]c3ccccc23)cc1. The highest BCUT2D eigenvalue weighted by Gasteiger charge is 2.29. The van der Waals surface area contributed by atoms with Crippen molar-refractivity contribution in [3.8, 4) is 0 Å². The molecule has 0 fully saturated rings. The summed E-state index contributed by atoms with van der Waals surface area (Å²) in [6.45, 7) is 0.953. The lowest BCUT2D eigenvalue weighted by Gasteiger charge is -2.35. The second kappa shape index (κ2) is 8.45. The lowest BCUT2D eigenvalue weighted by Crippen LogP contribution is -2.40. The molecule has 0 saturated carbocycles. The van der Waals surface area contributed by atoms with Crippen LogP contribution in [0.5, 0.6) is 0 Å². The minimum Gasteiger partial charge on any atom is -0.361 e. The zero-order valence-electron chi connectivity index (χ0n) is 17.1. The van der Waals surface area contributed by atoms with E-state index in [4.69, 9.17) is 0 Å². The molecule has 0 unspecified atom stereocenters. The average Bonchev–Trinajstić information content (AvgIpc) is 3.20. The summed E-state index contributed by atoms with van der Waals surface area (Å²) in [5.41, 5.74) is 6.66. The molecule has 1 aliphatic carbocycles. The van der Waals surface area contributed by atoms with Gasteiger partial charge >= 0.3 is 0 Å². The Morgan fingerprint density at radius 2 is 1.73 bits per heavy atom. The van der Waals surface area contributed by atoms with Crippen LogP contribution in [0.15, 0.2) is 79.0 Å². The number of rotatable bonds is 6. The highest BCUT2D eigenvalue weighted by atomic mass is 19.1. The number of para-hydroxylation sites is 1. The van der Waals surface area contributed by atoms with Crippen LogP contribution in [0.2, 0.25) is 0 Å². The Balaban J connectivity index is 1.32. The molecule has 2 nitrogen and oxygen atoms in total. The largest absolute Gasteiger partial charge is 0.361 e. The number of H-pyrrole nitrogens is 1. The summed E-state index contributed by atoms with van der Waals surface area (Å²) in [5, 5.41) is 5.18. The fourth-order valence-corrected chi connectivity index (χ4v) is 4.95. The van der Waals surface area contributed by atoms with Crippen molar-refractivity contribution in [3.05, 3.63) is 107 Å². The van der Waals surface area contributed by atoms with Gasteiger partial charge in [-0.05, 0) is 72.7 Å². The fourth-order valence-electron chi connectivity index (χ4n) is 4.95. The molecule has 4 aromatic rings. The molecule has 0 saturated heterocycles. The molecule has 0 aliphatic heterocycles. The van der Waals surface area contributed by atoms with E-state index in [2.05, 4.69) is 65.0 Å². The van der Waals surface area contributed by atoms with Gasteiger partial charge in [0.25, 0.3) is 0 Å². The Bertz CT molecular complexity index is 1130. The molecule has 0 radical (unpaired) electrons. The van der Waals surface area contributed by atoms with Gasteiger partial charge in [-0.15, -0.1) is 0 Å². The maximum absolute atomic E-state index is 13.4. The van der Waals surface area contributed by atoms with Crippen LogP contribution in [-0.4, -0.2) is 17.6 Å². The van der Waals surface area contributed by atoms with Crippen LogP contribution < -0.4 is 5.32 Å². The molecule has 0 bridgehead atoms. The van der Waals surface area contributed by atoms with E-state index in [-0.39, 0.29) is 5.82 Å². The summed E-state index contributed by atoms with van der Waals surface area (Å²) in [5.74, 6) is 0.236. The van der Waals surface area contributed by atoms with Crippen LogP contribution in [-0.2, 0) is 19.3 Å². The third-order valence-corrected chi connectivity index (χ3v) is 6.51. The van der Waals surface area contributed by atoms with Crippen molar-refractivity contribution in [2.24, 2.45) is 0 Å². The van der Waals surface area contributed by atoms with E-state index in [1.54, 1.807) is 12.1 Å². The summed E-state index contributed by atoms with van der Waals surface area (Å²) in [6.07, 6.45) is 6.32. The number of hydrogen-bond donors (Lipinski definition) is 2. The van der Waals surface area contributed by atoms with Crippen molar-refractivity contribution in [2.75, 3.05) is 6.54 Å². The van der Waals surface area contributed by atoms with Gasteiger partial charge in [-0.1, -0.05) is 54.6 Å². The zero-order chi connectivity index (χ0) is 20.3. The standard InChI is InChI=1S/C27H27FN2/c28-22-12-9-19(10-13-22)17-25-23-6-2-1-5-20(23)11-14-27(25)29-16-15-21-18-30-26-8-4-3-7-24(21)26/h1-10,12-13,18,25,27,29-30H,11,14-17H2/t25-,27-/m0/s1. The van der Waals surface area contributed by atoms with Crippen molar-refractivity contribution in [1.82, 2.24) is 10.3 Å². The maximum Gasteiger partial charge on any atom is 0.123 e. The van der Waals surface area contributed by atoms with Crippen LogP contribution in [0.3, 0.4) is 0 Å². The maximum atomic E-state index is 13.4. The minimum absolute atomic E-state index is 0.170. The first-order valence-corrected chi connectivity index (χ1v) is 10.9. The topological polar surface area (TPSA) is 27.8 Å². The first kappa shape index (κ1) is 19.1. The van der Waals surface area contributed by atoms with Gasteiger partial charge in [0.1, 0.15) is 5.82 Å². The van der Waals surface area contributed by atoms with Crippen molar-refractivity contribution >= 4 is 10.9 Å². The lowest BCUT2D eigenvalue weighted by atomic mass is 9.76. The molecule has 0 spiro atoms. The van der Waals surface area contributed by atoms with Gasteiger partial charge in [0.2, 0.25) is 0 Å². The van der Waals surface area contributed by atoms with Crippen molar-refractivity contribution in [2.45, 2.75) is 37.6 Å². The molecule has 0 amide bonds. The number of nitrogens with one attached hydrogen (secondary N) is 2. The fraction of sp³-hybridized carbons (Fsp3) is 0.259. The zero-order valence-corrected chi connectivity index (χ0v) is 17.1. The number of hydrogen-bond acceptors (Lipinski definition) is 1. The molecule has 3 aromatic carbocycles. The molecule has 3 heteroatoms. The molecular weight excluding hydrogens is 371 g/mol. The summed E-state index contributed by atoms with van der Waals surface area (Å²) in [4.78, 5) is 3.38. The van der Waals surface area contributed by atoms with Gasteiger partial charge in [-0.25, -0.2) is 4.39 Å². The lowest BCUT2D eigenvalue weighted by molar-refractivity contribution is 0.386. The van der Waals surface area contributed by atoms with Crippen LogP contribution in [0.25, 0.3) is 10.9 Å². The van der Waals surface area contributed by atoms with Gasteiger partial charge in [0.15, 0.2) is 0 Å². The van der Waals surface area contributed by atoms with Crippen LogP contribution in [0.1, 0.15) is 34.6 Å². The number of aryl methyl sites for hydroxylation is 1. The quantitative estimate of drug-likeness (QED) is 0.423. The molecular formula is C27H27FN2. The van der Waals surface area contributed by atoms with Crippen LogP contribution >= 0.6 is 0 Å². The molecule has 2 N–H and O–H groups in total. The summed E-state index contributed by atoms with van der Waals surface area (Å²) in [6, 6.07) is 24.7. The molecule has 1 aliphatic rings. The van der Waals surface area contributed by atoms with Crippen molar-refractivity contribution in [1.29, 1.82) is 0 Å². The van der Waals surface area contributed by atoms with Crippen LogP contribution in [0.4, 0.5) is 4.39 Å². The second-order valence-corrected chi connectivity index (χ2v) is 8.34. The minimum atomic E-state index is -0.170. The summed E-state index contributed by atoms with van der Waals surface area (Å²) in [7, 11) is 0. The van der Waals surface area contributed by atoms with Crippen molar-refractivity contribution < 1.29 is 4.39 Å². The molecule has 30 heavy (non-hydrogen) atoms. The summed E-state index contributed by atoms with van der Waals surface area (Å²) >= 11 is 0. The number of aromatic amines is 1.